The molecule has 1 aliphatic rings. The Morgan fingerprint density at radius 2 is 1.64 bits per heavy atom. The maximum absolute atomic E-state index is 13.5. The van der Waals surface area contributed by atoms with Crippen LogP contribution in [0.3, 0.4) is 0 Å². The summed E-state index contributed by atoms with van der Waals surface area (Å²) in [6, 6.07) is 16.8. The Bertz CT molecular complexity index is 956. The van der Waals surface area contributed by atoms with E-state index in [9.17, 15) is 4.39 Å². The Hall–Kier alpha value is -2.14. The second-order valence-electron chi connectivity index (χ2n) is 7.51. The largest absolute Gasteiger partial charge is 0.312 e. The highest BCUT2D eigenvalue weighted by Gasteiger charge is 2.20. The molecule has 0 N–H and O–H groups in total. The molecule has 1 fully saturated rings. The van der Waals surface area contributed by atoms with Gasteiger partial charge in [0.05, 0.1) is 16.4 Å². The average Bonchev–Trinajstić information content (AvgIpc) is 3.01. The lowest BCUT2D eigenvalue weighted by atomic mass is 10.1. The van der Waals surface area contributed by atoms with Crippen molar-refractivity contribution in [2.45, 2.75) is 13.5 Å². The molecule has 0 spiro atoms. The minimum absolute atomic E-state index is 0.228. The van der Waals surface area contributed by atoms with Crippen LogP contribution >= 0.6 is 11.6 Å². The van der Waals surface area contributed by atoms with Gasteiger partial charge in [0.25, 0.3) is 0 Å². The number of hydrogen-bond acceptors (Lipinski definition) is 2. The molecule has 0 bridgehead atoms. The molecule has 28 heavy (non-hydrogen) atoms. The van der Waals surface area contributed by atoms with Gasteiger partial charge in [0.1, 0.15) is 5.82 Å². The van der Waals surface area contributed by atoms with Gasteiger partial charge in [-0.2, -0.15) is 0 Å². The molecule has 1 saturated heterocycles. The number of rotatable bonds is 4. The van der Waals surface area contributed by atoms with Gasteiger partial charge in [-0.3, -0.25) is 4.90 Å². The molecule has 3 nitrogen and oxygen atoms in total. The van der Waals surface area contributed by atoms with Gasteiger partial charge in [-0.25, -0.2) is 4.39 Å². The quantitative estimate of drug-likeness (QED) is 0.614. The number of likely N-dealkylation sites (N-methyl/N-ethyl adjacent to an activating group) is 1. The second kappa shape index (κ2) is 8.08. The summed E-state index contributed by atoms with van der Waals surface area (Å²) >= 11 is 6.54. The minimum atomic E-state index is -0.228. The summed E-state index contributed by atoms with van der Waals surface area (Å²) in [4.78, 5) is 4.86. The van der Waals surface area contributed by atoms with Gasteiger partial charge in [0.2, 0.25) is 0 Å². The number of hydrogen-bond donors (Lipinski definition) is 0. The maximum atomic E-state index is 13.5. The lowest BCUT2D eigenvalue weighted by Gasteiger charge is -2.32. The zero-order chi connectivity index (χ0) is 19.7. The van der Waals surface area contributed by atoms with Gasteiger partial charge in [-0.1, -0.05) is 23.7 Å². The lowest BCUT2D eigenvalue weighted by Crippen LogP contribution is -2.43. The third-order valence-electron chi connectivity index (χ3n) is 5.58. The summed E-state index contributed by atoms with van der Waals surface area (Å²) in [6.07, 6.45) is 0. The van der Waals surface area contributed by atoms with E-state index in [1.54, 1.807) is 0 Å². The second-order valence-corrected chi connectivity index (χ2v) is 7.92. The van der Waals surface area contributed by atoms with Crippen molar-refractivity contribution in [3.63, 3.8) is 0 Å². The fourth-order valence-corrected chi connectivity index (χ4v) is 4.06. The fourth-order valence-electron chi connectivity index (χ4n) is 3.84. The van der Waals surface area contributed by atoms with Crippen LogP contribution in [-0.2, 0) is 6.54 Å². The molecule has 1 aliphatic heterocycles. The molecular formula is C23H25ClFN3. The summed E-state index contributed by atoms with van der Waals surface area (Å²) in [6.45, 7) is 7.37. The van der Waals surface area contributed by atoms with Crippen LogP contribution < -0.4 is 0 Å². The number of benzene rings is 2. The first-order valence-corrected chi connectivity index (χ1v) is 10.0. The van der Waals surface area contributed by atoms with Crippen molar-refractivity contribution >= 4 is 11.6 Å². The van der Waals surface area contributed by atoms with Crippen molar-refractivity contribution in [1.82, 2.24) is 14.4 Å². The molecule has 5 heteroatoms. The Balaban J connectivity index is 1.77. The standard InChI is InChI=1S/C23H25ClFN3/c1-17-19(16-27-13-11-26(2)12-14-27)15-23(18-7-9-20(25)10-8-18)28(17)22-6-4-3-5-21(22)24/h3-10,15H,11-14,16H2,1-2H3. The monoisotopic (exact) mass is 397 g/mol. The molecule has 146 valence electrons. The first-order valence-electron chi connectivity index (χ1n) is 9.66. The van der Waals surface area contributed by atoms with E-state index >= 15 is 0 Å². The van der Waals surface area contributed by atoms with Crippen LogP contribution in [0.25, 0.3) is 16.9 Å². The molecule has 2 aromatic carbocycles. The third kappa shape index (κ3) is 3.86. The van der Waals surface area contributed by atoms with E-state index in [0.29, 0.717) is 5.02 Å². The fraction of sp³-hybridized carbons (Fsp3) is 0.304. The molecule has 4 rings (SSSR count). The van der Waals surface area contributed by atoms with Crippen LogP contribution in [0.1, 0.15) is 11.3 Å². The Morgan fingerprint density at radius 1 is 0.964 bits per heavy atom. The number of nitrogens with zero attached hydrogens (tertiary/aromatic N) is 3. The van der Waals surface area contributed by atoms with Crippen molar-refractivity contribution in [1.29, 1.82) is 0 Å². The van der Waals surface area contributed by atoms with Gasteiger partial charge in [0.15, 0.2) is 0 Å². The minimum Gasteiger partial charge on any atom is -0.312 e. The molecule has 0 aliphatic carbocycles. The predicted molar refractivity (Wildman–Crippen MR) is 114 cm³/mol. The molecule has 0 amide bonds. The van der Waals surface area contributed by atoms with Crippen molar-refractivity contribution in [3.05, 3.63) is 76.7 Å². The number of para-hydroxylation sites is 1. The highest BCUT2D eigenvalue weighted by Crippen LogP contribution is 2.33. The zero-order valence-electron chi connectivity index (χ0n) is 16.3. The van der Waals surface area contributed by atoms with Crippen LogP contribution in [0.2, 0.25) is 5.02 Å². The van der Waals surface area contributed by atoms with Gasteiger partial charge in [0, 0.05) is 38.4 Å². The van der Waals surface area contributed by atoms with E-state index in [-0.39, 0.29) is 5.82 Å². The molecule has 0 radical (unpaired) electrons. The van der Waals surface area contributed by atoms with Crippen LogP contribution in [0, 0.1) is 12.7 Å². The van der Waals surface area contributed by atoms with Crippen LogP contribution in [-0.4, -0.2) is 47.6 Å². The Kier molecular flexibility index (Phi) is 5.54. The third-order valence-corrected chi connectivity index (χ3v) is 5.89. The predicted octanol–water partition coefficient (Wildman–Crippen LogP) is 4.99. The number of aromatic nitrogens is 1. The Morgan fingerprint density at radius 3 is 2.32 bits per heavy atom. The Labute approximate surface area is 171 Å². The van der Waals surface area contributed by atoms with Crippen molar-refractivity contribution < 1.29 is 4.39 Å². The van der Waals surface area contributed by atoms with Crippen LogP contribution in [0.4, 0.5) is 4.39 Å². The molecule has 2 heterocycles. The number of piperazine rings is 1. The maximum Gasteiger partial charge on any atom is 0.123 e. The molecule has 3 aromatic rings. The van der Waals surface area contributed by atoms with E-state index in [1.807, 2.05) is 36.4 Å². The molecule has 0 saturated carbocycles. The molecular weight excluding hydrogens is 373 g/mol. The normalized spacial score (nSPS) is 15.9. The van der Waals surface area contributed by atoms with E-state index in [4.69, 9.17) is 11.6 Å². The first kappa shape index (κ1) is 19.2. The van der Waals surface area contributed by atoms with E-state index < -0.39 is 0 Å². The summed E-state index contributed by atoms with van der Waals surface area (Å²) in [7, 11) is 2.17. The SMILES string of the molecule is Cc1c(CN2CCN(C)CC2)cc(-c2ccc(F)cc2)n1-c1ccccc1Cl. The van der Waals surface area contributed by atoms with Crippen molar-refractivity contribution in [3.8, 4) is 16.9 Å². The molecule has 0 unspecified atom stereocenters. The summed E-state index contributed by atoms with van der Waals surface area (Å²) in [5.74, 6) is -0.228. The highest BCUT2D eigenvalue weighted by molar-refractivity contribution is 6.32. The summed E-state index contributed by atoms with van der Waals surface area (Å²) in [5.41, 5.74) is 5.42. The van der Waals surface area contributed by atoms with E-state index in [1.165, 1.54) is 23.4 Å². The molecule has 0 atom stereocenters. The van der Waals surface area contributed by atoms with Gasteiger partial charge < -0.3 is 9.47 Å². The summed E-state index contributed by atoms with van der Waals surface area (Å²) < 4.78 is 15.7. The topological polar surface area (TPSA) is 11.4 Å². The van der Waals surface area contributed by atoms with Gasteiger partial charge >= 0.3 is 0 Å². The van der Waals surface area contributed by atoms with E-state index in [0.717, 1.165) is 49.7 Å². The highest BCUT2D eigenvalue weighted by atomic mass is 35.5. The van der Waals surface area contributed by atoms with Crippen molar-refractivity contribution in [2.75, 3.05) is 33.2 Å². The first-order chi connectivity index (χ1) is 13.5. The average molecular weight is 398 g/mol. The summed E-state index contributed by atoms with van der Waals surface area (Å²) in [5, 5.41) is 0.704. The lowest BCUT2D eigenvalue weighted by molar-refractivity contribution is 0.148. The van der Waals surface area contributed by atoms with Crippen LogP contribution in [0.5, 0.6) is 0 Å². The van der Waals surface area contributed by atoms with E-state index in [2.05, 4.69) is 34.4 Å². The smallest absolute Gasteiger partial charge is 0.123 e. The zero-order valence-corrected chi connectivity index (χ0v) is 17.1. The van der Waals surface area contributed by atoms with Crippen molar-refractivity contribution in [2.24, 2.45) is 0 Å². The molecule has 1 aromatic heterocycles. The van der Waals surface area contributed by atoms with Crippen LogP contribution in [0.15, 0.2) is 54.6 Å². The van der Waals surface area contributed by atoms with Gasteiger partial charge in [-0.15, -0.1) is 0 Å². The number of halogens is 2. The van der Waals surface area contributed by atoms with Gasteiger partial charge in [-0.05, 0) is 67.6 Å².